The highest BCUT2D eigenvalue weighted by molar-refractivity contribution is 6.01. The zero-order valence-corrected chi connectivity index (χ0v) is 31.9. The van der Waals surface area contributed by atoms with Crippen molar-refractivity contribution >= 4 is 51.8 Å². The van der Waals surface area contributed by atoms with Crippen LogP contribution >= 0.6 is 0 Å². The molecule has 1 saturated carbocycles. The van der Waals surface area contributed by atoms with Crippen molar-refractivity contribution in [2.24, 2.45) is 5.92 Å². The van der Waals surface area contributed by atoms with Gasteiger partial charge in [-0.1, -0.05) is 25.0 Å². The molecule has 6 heterocycles. The number of hydrogen-bond acceptors (Lipinski definition) is 11. The van der Waals surface area contributed by atoms with Gasteiger partial charge >= 0.3 is 0 Å². The maximum Gasteiger partial charge on any atom is 0.263 e. The summed E-state index contributed by atoms with van der Waals surface area (Å²) in [6, 6.07) is 12.4. The maximum atomic E-state index is 13.6. The lowest BCUT2D eigenvalue weighted by Crippen LogP contribution is -2.47. The van der Waals surface area contributed by atoms with E-state index in [4.69, 9.17) is 4.98 Å². The topological polar surface area (TPSA) is 146 Å². The number of pyridine rings is 2. The zero-order valence-electron chi connectivity index (χ0n) is 31.9. The third-order valence-electron chi connectivity index (χ3n) is 12.3. The molecule has 1 atom stereocenters. The molecule has 288 valence electrons. The van der Waals surface area contributed by atoms with Gasteiger partial charge in [0.05, 0.1) is 23.4 Å². The van der Waals surface area contributed by atoms with Crippen molar-refractivity contribution in [3.63, 3.8) is 0 Å². The number of ketones is 1. The first-order chi connectivity index (χ1) is 26.7. The number of carbonyl (C=O) groups excluding carboxylic acids is 3. The van der Waals surface area contributed by atoms with Crippen LogP contribution in [0.3, 0.4) is 0 Å². The second kappa shape index (κ2) is 15.9. The fourth-order valence-electron chi connectivity index (χ4n) is 9.09. The van der Waals surface area contributed by atoms with Crippen molar-refractivity contribution in [2.75, 3.05) is 60.9 Å². The molecule has 1 aromatic carbocycles. The Bertz CT molecular complexity index is 2130. The van der Waals surface area contributed by atoms with E-state index in [1.807, 2.05) is 24.4 Å². The lowest BCUT2D eigenvalue weighted by molar-refractivity contribution is -0.134. The van der Waals surface area contributed by atoms with Crippen LogP contribution in [0.15, 0.2) is 53.6 Å². The Labute approximate surface area is 321 Å². The normalized spacial score (nSPS) is 20.3. The number of imide groups is 1. The molecule has 8 rings (SSSR count). The largest absolute Gasteiger partial charge is 0.372 e. The maximum absolute atomic E-state index is 13.6. The van der Waals surface area contributed by atoms with E-state index >= 15 is 0 Å². The summed E-state index contributed by atoms with van der Waals surface area (Å²) in [5, 5.41) is 6.45. The lowest BCUT2D eigenvalue weighted by atomic mass is 9.89. The molecule has 2 N–H and O–H groups in total. The van der Waals surface area contributed by atoms with E-state index in [9.17, 15) is 19.2 Å². The van der Waals surface area contributed by atoms with Gasteiger partial charge in [-0.2, -0.15) is 4.98 Å². The van der Waals surface area contributed by atoms with Crippen LogP contribution in [0.5, 0.6) is 0 Å². The summed E-state index contributed by atoms with van der Waals surface area (Å²) in [6.07, 6.45) is 12.0. The fraction of sp³-hybridized carbons (Fsp3) is 0.500. The SMILES string of the molecule is CC(=O)c1c(C)c2cnc(Nc3ccc(N4CCN(CCC5CCN(c6cccc([C@H]7CCC(=O)NC7=O)c6)CC5)CC4)cn3)nc2n(C2CCCC2)c1=O. The highest BCUT2D eigenvalue weighted by atomic mass is 16.2. The second-order valence-electron chi connectivity index (χ2n) is 15.8. The molecule has 3 saturated heterocycles. The summed E-state index contributed by atoms with van der Waals surface area (Å²) in [5.41, 5.74) is 4.41. The van der Waals surface area contributed by atoms with Crippen LogP contribution in [0.2, 0.25) is 0 Å². The van der Waals surface area contributed by atoms with Crippen LogP contribution in [-0.4, -0.2) is 87.8 Å². The van der Waals surface area contributed by atoms with Crippen LogP contribution in [0, 0.1) is 12.8 Å². The van der Waals surface area contributed by atoms with Crippen LogP contribution in [0.1, 0.15) is 98.2 Å². The third-order valence-corrected chi connectivity index (χ3v) is 12.3. The first-order valence-electron chi connectivity index (χ1n) is 20.0. The van der Waals surface area contributed by atoms with Gasteiger partial charge in [0.25, 0.3) is 5.56 Å². The first-order valence-corrected chi connectivity index (χ1v) is 20.0. The average Bonchev–Trinajstić information content (AvgIpc) is 3.72. The zero-order chi connectivity index (χ0) is 38.1. The van der Waals surface area contributed by atoms with Gasteiger partial charge in [-0.25, -0.2) is 9.97 Å². The summed E-state index contributed by atoms with van der Waals surface area (Å²) in [7, 11) is 0. The van der Waals surface area contributed by atoms with Crippen LogP contribution in [-0.2, 0) is 9.59 Å². The predicted molar refractivity (Wildman–Crippen MR) is 213 cm³/mol. The average molecular weight is 746 g/mol. The van der Waals surface area contributed by atoms with Gasteiger partial charge in [0.15, 0.2) is 5.78 Å². The van der Waals surface area contributed by atoms with Crippen molar-refractivity contribution < 1.29 is 14.4 Å². The molecular formula is C42H51N9O4. The van der Waals surface area contributed by atoms with E-state index < -0.39 is 0 Å². The molecule has 4 fully saturated rings. The molecule has 0 bridgehead atoms. The number of rotatable bonds is 10. The van der Waals surface area contributed by atoms with E-state index in [0.717, 1.165) is 88.1 Å². The number of fused-ring (bicyclic) bond motifs is 1. The van der Waals surface area contributed by atoms with Crippen molar-refractivity contribution in [3.8, 4) is 0 Å². The molecule has 0 radical (unpaired) electrons. The van der Waals surface area contributed by atoms with Gasteiger partial charge in [-0.05, 0) is 100 Å². The van der Waals surface area contributed by atoms with Gasteiger partial charge in [-0.15, -0.1) is 0 Å². The Morgan fingerprint density at radius 1 is 0.873 bits per heavy atom. The van der Waals surface area contributed by atoms with Crippen LogP contribution in [0.4, 0.5) is 23.1 Å². The predicted octanol–water partition coefficient (Wildman–Crippen LogP) is 5.51. The van der Waals surface area contributed by atoms with Crippen molar-refractivity contribution in [1.29, 1.82) is 0 Å². The van der Waals surface area contributed by atoms with Gasteiger partial charge in [-0.3, -0.25) is 34.0 Å². The van der Waals surface area contributed by atoms with E-state index in [1.165, 1.54) is 31.9 Å². The molecule has 4 aliphatic rings. The summed E-state index contributed by atoms with van der Waals surface area (Å²) in [4.78, 5) is 71.5. The van der Waals surface area contributed by atoms with Crippen LogP contribution < -0.4 is 26.0 Å². The monoisotopic (exact) mass is 745 g/mol. The van der Waals surface area contributed by atoms with Crippen molar-refractivity contribution in [1.82, 2.24) is 29.7 Å². The number of benzene rings is 1. The number of carbonyl (C=O) groups is 3. The molecule has 0 unspecified atom stereocenters. The number of aryl methyl sites for hydroxylation is 1. The lowest BCUT2D eigenvalue weighted by Gasteiger charge is -2.38. The quantitative estimate of drug-likeness (QED) is 0.157. The molecule has 0 spiro atoms. The number of aromatic nitrogens is 4. The number of amides is 2. The summed E-state index contributed by atoms with van der Waals surface area (Å²) >= 11 is 0. The number of hydrogen-bond donors (Lipinski definition) is 2. The molecule has 13 nitrogen and oxygen atoms in total. The van der Waals surface area contributed by atoms with Crippen molar-refractivity contribution in [3.05, 3.63) is 75.8 Å². The number of anilines is 4. The highest BCUT2D eigenvalue weighted by Crippen LogP contribution is 2.33. The Morgan fingerprint density at radius 3 is 2.35 bits per heavy atom. The first kappa shape index (κ1) is 36.8. The number of Topliss-reactive ketones (excluding diaryl/α,β-unsaturated/α-hetero) is 1. The highest BCUT2D eigenvalue weighted by Gasteiger charge is 2.30. The number of nitrogens with one attached hydrogen (secondary N) is 2. The molecule has 3 aliphatic heterocycles. The van der Waals surface area contributed by atoms with Gasteiger partial charge in [0.1, 0.15) is 11.5 Å². The molecule has 3 aromatic heterocycles. The molecule has 2 amide bonds. The summed E-state index contributed by atoms with van der Waals surface area (Å²) < 4.78 is 1.73. The van der Waals surface area contributed by atoms with Gasteiger partial charge in [0, 0.05) is 69.0 Å². The molecule has 55 heavy (non-hydrogen) atoms. The smallest absolute Gasteiger partial charge is 0.263 e. The minimum atomic E-state index is -0.259. The standard InChI is InChI=1S/C42H51N9O4/c1-27-35-26-44-42(47-39(35)51(31-7-3-4-8-31)41(55)38(27)28(2)52)45-36-12-10-33(25-43-36)50-22-20-48(21-23-50)17-14-29-15-18-49(19-16-29)32-9-5-6-30(24-32)34-11-13-37(53)46-40(34)54/h5-6,9-10,12,24-26,29,31,34H,3-4,7-8,11,13-23H2,1-2H3,(H,46,53,54)(H,43,44,45,47)/t34-/m1/s1. The van der Waals surface area contributed by atoms with E-state index in [1.54, 1.807) is 17.7 Å². The molecule has 13 heteroatoms. The fourth-order valence-corrected chi connectivity index (χ4v) is 9.09. The van der Waals surface area contributed by atoms with Crippen LogP contribution in [0.25, 0.3) is 11.0 Å². The Hall–Kier alpha value is -5.17. The molecule has 1 aliphatic carbocycles. The molecule has 4 aromatic rings. The Balaban J connectivity index is 0.818. The Morgan fingerprint density at radius 2 is 1.64 bits per heavy atom. The van der Waals surface area contributed by atoms with E-state index in [-0.39, 0.29) is 40.7 Å². The number of nitrogens with zero attached hydrogens (tertiary/aromatic N) is 7. The number of piperidine rings is 2. The van der Waals surface area contributed by atoms with Gasteiger partial charge < -0.3 is 15.1 Å². The summed E-state index contributed by atoms with van der Waals surface area (Å²) in [5.74, 6) is 0.865. The van der Waals surface area contributed by atoms with Gasteiger partial charge in [0.2, 0.25) is 17.8 Å². The second-order valence-corrected chi connectivity index (χ2v) is 15.8. The molecular weight excluding hydrogens is 695 g/mol. The Kier molecular flexibility index (Phi) is 10.6. The van der Waals surface area contributed by atoms with Crippen molar-refractivity contribution in [2.45, 2.75) is 83.6 Å². The number of piperazine rings is 1. The van der Waals surface area contributed by atoms with E-state index in [0.29, 0.717) is 41.7 Å². The minimum Gasteiger partial charge on any atom is -0.372 e. The minimum absolute atomic E-state index is 0.0257. The summed E-state index contributed by atoms with van der Waals surface area (Å²) in [6.45, 7) is 10.3. The third kappa shape index (κ3) is 7.85. The van der Waals surface area contributed by atoms with E-state index in [2.05, 4.69) is 53.5 Å².